The summed E-state index contributed by atoms with van der Waals surface area (Å²) in [5, 5.41) is 15.4. The van der Waals surface area contributed by atoms with Gasteiger partial charge in [0.25, 0.3) is 0 Å². The molecule has 0 heterocycles. The van der Waals surface area contributed by atoms with Crippen LogP contribution >= 0.6 is 15.8 Å². The van der Waals surface area contributed by atoms with Crippen LogP contribution in [0.3, 0.4) is 0 Å². The Kier molecular flexibility index (Phi) is 16.7. The molecule has 0 nitrogen and oxygen atoms in total. The van der Waals surface area contributed by atoms with Crippen molar-refractivity contribution in [2.75, 3.05) is 5.90 Å². The number of benzene rings is 10. The molecule has 4 heteroatoms. The summed E-state index contributed by atoms with van der Waals surface area (Å²) in [5.74, 6) is 6.27. The van der Waals surface area contributed by atoms with Gasteiger partial charge in [-0.15, -0.1) is 23.3 Å². The van der Waals surface area contributed by atoms with Crippen molar-refractivity contribution in [1.82, 2.24) is 0 Å². The Morgan fingerprint density at radius 2 is 0.574 bits per heavy atom. The molecule has 0 saturated carbocycles. The molecule has 0 aromatic heterocycles. The largest absolute Gasteiger partial charge is 1.00 e. The Bertz CT molecular complexity index is 2760. The predicted octanol–water partition coefficient (Wildman–Crippen LogP) is 12.5. The normalized spacial score (nSPS) is 10.4. The van der Waals surface area contributed by atoms with Gasteiger partial charge >= 0.3 is 44.8 Å². The van der Waals surface area contributed by atoms with Crippen LogP contribution in [0.25, 0.3) is 43.1 Å². The minimum Gasteiger partial charge on any atom is -0.366 e. The second-order valence-corrected chi connectivity index (χ2v) is 19.9. The van der Waals surface area contributed by atoms with Crippen molar-refractivity contribution in [2.45, 2.75) is 0 Å². The Balaban J connectivity index is 0.000000159. The second-order valence-electron chi connectivity index (χ2n) is 14.2. The smallest absolute Gasteiger partial charge is 0.366 e. The van der Waals surface area contributed by atoms with E-state index in [9.17, 15) is 0 Å². The predicted molar refractivity (Wildman–Crippen MR) is 261 cm³/mol. The monoisotopic (exact) mass is 1000 g/mol. The van der Waals surface area contributed by atoms with E-state index in [0.717, 1.165) is 32.7 Å². The molecule has 10 aromatic rings. The topological polar surface area (TPSA) is 0 Å². The third kappa shape index (κ3) is 10.8. The summed E-state index contributed by atoms with van der Waals surface area (Å²) in [5.41, 5.74) is 1.71. The molecule has 10 aromatic carbocycles. The summed E-state index contributed by atoms with van der Waals surface area (Å²) in [6.07, 6.45) is 14.7. The fourth-order valence-corrected chi connectivity index (χ4v) is 15.5. The van der Waals surface area contributed by atoms with Gasteiger partial charge in [-0.2, -0.15) is 0 Å². The van der Waals surface area contributed by atoms with Gasteiger partial charge in [-0.25, -0.2) is 0 Å². The standard InChI is InChI=1S/C25H22P2.2C16H9.2Ag/c1-5-13-22(14-6-1)26(23-15-7-2-8-16-23)21-27(24-17-9-3-10-18-24)25-19-11-4-12-20-25;2*1-2-12-7-5-8-14-11-10-13-6-3-4-9-15(13)16(12)14;;/h1-20H,21H2;2*3-11H;;/q;2*-1;2*+1/p+2. The van der Waals surface area contributed by atoms with Gasteiger partial charge in [0, 0.05) is 0 Å². The summed E-state index contributed by atoms with van der Waals surface area (Å²) in [6.45, 7) is 0. The average molecular weight is 1000 g/mol. The SMILES string of the molecule is [Ag+].[Ag+].[C-]#Cc1cccc2ccc3ccccc3c12.[C-]#Cc1cccc2ccc3ccccc3c12.c1ccc([PH+](C[PH+](c2ccccc2)c2ccccc2)c2ccccc2)cc1. The van der Waals surface area contributed by atoms with Crippen LogP contribution in [-0.4, -0.2) is 5.90 Å². The molecule has 0 bridgehead atoms. The summed E-state index contributed by atoms with van der Waals surface area (Å²) in [7, 11) is -1.69. The van der Waals surface area contributed by atoms with Crippen LogP contribution in [0, 0.1) is 24.7 Å². The summed E-state index contributed by atoms with van der Waals surface area (Å²) in [4.78, 5) is 0. The molecule has 0 spiro atoms. The van der Waals surface area contributed by atoms with Crippen LogP contribution < -0.4 is 21.2 Å². The minimum atomic E-state index is -0.847. The molecular formula is C57H42Ag2P2+2. The second kappa shape index (κ2) is 22.5. The van der Waals surface area contributed by atoms with Crippen molar-refractivity contribution < 1.29 is 44.8 Å². The first kappa shape index (κ1) is 45.2. The molecular weight excluding hydrogens is 962 g/mol. The number of rotatable bonds is 6. The van der Waals surface area contributed by atoms with Gasteiger partial charge < -0.3 is 12.8 Å². The molecule has 300 valence electrons. The molecule has 0 radical (unpaired) electrons. The third-order valence-corrected chi connectivity index (χ3v) is 17.6. The van der Waals surface area contributed by atoms with Gasteiger partial charge in [0.1, 0.15) is 37.1 Å². The molecule has 0 saturated heterocycles. The maximum atomic E-state index is 7.35. The van der Waals surface area contributed by atoms with E-state index in [4.69, 9.17) is 12.8 Å². The van der Waals surface area contributed by atoms with Gasteiger partial charge in [0.05, 0.1) is 0 Å². The Labute approximate surface area is 394 Å². The zero-order valence-corrected chi connectivity index (χ0v) is 38.2. The van der Waals surface area contributed by atoms with Crippen LogP contribution in [0.2, 0.25) is 0 Å². The van der Waals surface area contributed by atoms with Crippen molar-refractivity contribution in [3.8, 4) is 11.8 Å². The average Bonchev–Trinajstić information content (AvgIpc) is 3.33. The molecule has 0 aliphatic heterocycles. The third-order valence-electron chi connectivity index (χ3n) is 10.7. The molecule has 0 amide bonds. The molecule has 0 fully saturated rings. The summed E-state index contributed by atoms with van der Waals surface area (Å²) in [6, 6.07) is 81.3. The van der Waals surface area contributed by atoms with Crippen molar-refractivity contribution in [2.24, 2.45) is 0 Å². The van der Waals surface area contributed by atoms with Crippen LogP contribution in [-0.2, 0) is 44.8 Å². The van der Waals surface area contributed by atoms with E-state index in [1.54, 1.807) is 0 Å². The first-order valence-electron chi connectivity index (χ1n) is 19.8. The van der Waals surface area contributed by atoms with Gasteiger partial charge in [0.2, 0.25) is 0 Å². The van der Waals surface area contributed by atoms with Crippen LogP contribution in [0.4, 0.5) is 0 Å². The maximum Gasteiger partial charge on any atom is 1.00 e. The van der Waals surface area contributed by atoms with E-state index in [1.807, 2.05) is 48.5 Å². The van der Waals surface area contributed by atoms with E-state index in [-0.39, 0.29) is 44.8 Å². The molecule has 10 rings (SSSR count). The minimum absolute atomic E-state index is 0. The molecule has 0 N–H and O–H groups in total. The molecule has 0 unspecified atom stereocenters. The van der Waals surface area contributed by atoms with Gasteiger partial charge in [-0.05, 0) is 80.8 Å². The van der Waals surface area contributed by atoms with E-state index in [2.05, 4.69) is 194 Å². The zero-order chi connectivity index (χ0) is 40.2. The van der Waals surface area contributed by atoms with Crippen molar-refractivity contribution >= 4 is 80.2 Å². The van der Waals surface area contributed by atoms with Crippen molar-refractivity contribution in [3.05, 3.63) is 254 Å². The first-order valence-corrected chi connectivity index (χ1v) is 23.2. The van der Waals surface area contributed by atoms with Crippen LogP contribution in [0.15, 0.2) is 231 Å². The number of fused-ring (bicyclic) bond motifs is 6. The zero-order valence-electron chi connectivity index (χ0n) is 33.2. The van der Waals surface area contributed by atoms with Gasteiger partial charge in [0.15, 0.2) is 5.90 Å². The van der Waals surface area contributed by atoms with Crippen LogP contribution in [0.5, 0.6) is 0 Å². The van der Waals surface area contributed by atoms with E-state index < -0.39 is 15.8 Å². The quantitative estimate of drug-likeness (QED) is 0.0512. The molecule has 61 heavy (non-hydrogen) atoms. The molecule has 0 atom stereocenters. The number of hydrogen-bond acceptors (Lipinski definition) is 0. The fourth-order valence-electron chi connectivity index (χ4n) is 7.80. The Morgan fingerprint density at radius 3 is 0.902 bits per heavy atom. The molecule has 0 aliphatic carbocycles. The van der Waals surface area contributed by atoms with Crippen molar-refractivity contribution in [1.29, 1.82) is 0 Å². The summed E-state index contributed by atoms with van der Waals surface area (Å²) >= 11 is 0. The van der Waals surface area contributed by atoms with E-state index >= 15 is 0 Å². The van der Waals surface area contributed by atoms with E-state index in [1.165, 1.54) is 48.7 Å². The van der Waals surface area contributed by atoms with Gasteiger partial charge in [-0.3, -0.25) is 11.8 Å². The fraction of sp³-hybridized carbons (Fsp3) is 0.0175. The van der Waals surface area contributed by atoms with Crippen molar-refractivity contribution in [3.63, 3.8) is 0 Å². The number of hydrogen-bond donors (Lipinski definition) is 0. The first-order chi connectivity index (χ1) is 29.2. The van der Waals surface area contributed by atoms with Crippen LogP contribution in [0.1, 0.15) is 11.1 Å². The Morgan fingerprint density at radius 1 is 0.295 bits per heavy atom. The summed E-state index contributed by atoms with van der Waals surface area (Å²) < 4.78 is 0. The van der Waals surface area contributed by atoms with E-state index in [0.29, 0.717) is 0 Å². The maximum absolute atomic E-state index is 7.35. The Hall–Kier alpha value is -5.30. The van der Waals surface area contributed by atoms with Gasteiger partial charge in [-0.1, -0.05) is 181 Å². The molecule has 0 aliphatic rings.